The number of likely N-dealkylation sites (tertiary alicyclic amines) is 1. The van der Waals surface area contributed by atoms with E-state index in [0.717, 1.165) is 0 Å². The maximum absolute atomic E-state index is 12.1. The summed E-state index contributed by atoms with van der Waals surface area (Å²) in [5, 5.41) is 2.43. The van der Waals surface area contributed by atoms with Crippen LogP contribution in [-0.4, -0.2) is 48.6 Å². The third-order valence-corrected chi connectivity index (χ3v) is 2.61. The largest absolute Gasteiger partial charge is 0.406 e. The lowest BCUT2D eigenvalue weighted by Crippen LogP contribution is -2.43. The molecule has 1 unspecified atom stereocenters. The zero-order valence-corrected chi connectivity index (χ0v) is 11.0. The number of rotatable bonds is 5. The van der Waals surface area contributed by atoms with Crippen molar-refractivity contribution in [2.45, 2.75) is 31.5 Å². The summed E-state index contributed by atoms with van der Waals surface area (Å²) in [6, 6.07) is -0.836. The zero-order valence-electron chi connectivity index (χ0n) is 10.2. The number of amides is 2. The summed E-state index contributed by atoms with van der Waals surface area (Å²) in [5.41, 5.74) is 5.22. The Balaban J connectivity index is 0.00000324. The molecule has 0 aromatic carbocycles. The number of carbonyl (C=O) groups excluding carboxylic acids is 2. The quantitative estimate of drug-likeness (QED) is 0.773. The topological polar surface area (TPSA) is 75.4 Å². The molecule has 1 saturated heterocycles. The van der Waals surface area contributed by atoms with E-state index in [9.17, 15) is 22.8 Å². The molecule has 3 N–H and O–H groups in total. The number of nitrogens with zero attached hydrogens (tertiary/aromatic N) is 1. The van der Waals surface area contributed by atoms with E-state index in [1.54, 1.807) is 0 Å². The number of nitrogens with two attached hydrogens (primary N) is 1. The highest BCUT2D eigenvalue weighted by Crippen LogP contribution is 2.20. The van der Waals surface area contributed by atoms with Gasteiger partial charge in [0.15, 0.2) is 0 Å². The molecular formula is C10H17ClF3N3O2. The fourth-order valence-electron chi connectivity index (χ4n) is 1.78. The number of hydrogen-bond acceptors (Lipinski definition) is 3. The van der Waals surface area contributed by atoms with Crippen molar-refractivity contribution >= 4 is 24.2 Å². The molecule has 1 aliphatic heterocycles. The van der Waals surface area contributed by atoms with Gasteiger partial charge in [0.2, 0.25) is 11.8 Å². The third-order valence-electron chi connectivity index (χ3n) is 2.61. The summed E-state index contributed by atoms with van der Waals surface area (Å²) in [7, 11) is 0. The van der Waals surface area contributed by atoms with Gasteiger partial charge in [-0.3, -0.25) is 9.59 Å². The van der Waals surface area contributed by atoms with Crippen LogP contribution in [0, 0.1) is 0 Å². The molecule has 5 nitrogen and oxygen atoms in total. The van der Waals surface area contributed by atoms with Gasteiger partial charge in [0.25, 0.3) is 0 Å². The van der Waals surface area contributed by atoms with Crippen LogP contribution in [0.4, 0.5) is 13.2 Å². The highest BCUT2D eigenvalue weighted by Gasteiger charge is 2.39. The second kappa shape index (κ2) is 7.54. The lowest BCUT2D eigenvalue weighted by Gasteiger charge is -2.18. The number of carbonyl (C=O) groups is 2. The molecule has 19 heavy (non-hydrogen) atoms. The lowest BCUT2D eigenvalue weighted by atomic mass is 10.2. The van der Waals surface area contributed by atoms with Crippen LogP contribution in [0.3, 0.4) is 0 Å². The predicted octanol–water partition coefficient (Wildman–Crippen LogP) is 0.426. The van der Waals surface area contributed by atoms with Crippen molar-refractivity contribution in [3.63, 3.8) is 0 Å². The van der Waals surface area contributed by atoms with Gasteiger partial charge >= 0.3 is 6.18 Å². The summed E-state index contributed by atoms with van der Waals surface area (Å²) in [6.45, 7) is -0.895. The molecule has 0 bridgehead atoms. The van der Waals surface area contributed by atoms with Crippen LogP contribution in [-0.2, 0) is 9.59 Å². The molecule has 1 fully saturated rings. The standard InChI is InChI=1S/C10H16F3N3O2.ClH/c11-10(12,13)6-16-5-3-7(9(16)18)15-8(17)2-1-4-14;/h7H,1-6,14H2,(H,15,17);1H. The normalized spacial score (nSPS) is 19.3. The smallest absolute Gasteiger partial charge is 0.344 e. The molecule has 0 aromatic heterocycles. The summed E-state index contributed by atoms with van der Waals surface area (Å²) < 4.78 is 36.4. The number of alkyl halides is 3. The Hall–Kier alpha value is -1.02. The molecule has 0 spiro atoms. The van der Waals surface area contributed by atoms with Gasteiger partial charge < -0.3 is 16.0 Å². The van der Waals surface area contributed by atoms with Crippen LogP contribution < -0.4 is 11.1 Å². The van der Waals surface area contributed by atoms with Crippen LogP contribution in [0.15, 0.2) is 0 Å². The molecule has 9 heteroatoms. The van der Waals surface area contributed by atoms with Crippen molar-refractivity contribution in [2.75, 3.05) is 19.6 Å². The summed E-state index contributed by atoms with van der Waals surface area (Å²) >= 11 is 0. The minimum Gasteiger partial charge on any atom is -0.344 e. The van der Waals surface area contributed by atoms with E-state index in [2.05, 4.69) is 5.32 Å². The van der Waals surface area contributed by atoms with E-state index >= 15 is 0 Å². The van der Waals surface area contributed by atoms with Crippen LogP contribution >= 0.6 is 12.4 Å². The highest BCUT2D eigenvalue weighted by molar-refractivity contribution is 5.89. The van der Waals surface area contributed by atoms with E-state index in [1.807, 2.05) is 0 Å². The van der Waals surface area contributed by atoms with Crippen LogP contribution in [0.25, 0.3) is 0 Å². The molecule has 0 aromatic rings. The van der Waals surface area contributed by atoms with Crippen LogP contribution in [0.1, 0.15) is 19.3 Å². The maximum Gasteiger partial charge on any atom is 0.406 e. The second-order valence-corrected chi connectivity index (χ2v) is 4.18. The van der Waals surface area contributed by atoms with E-state index in [-0.39, 0.29) is 37.7 Å². The number of halogens is 4. The highest BCUT2D eigenvalue weighted by atomic mass is 35.5. The average molecular weight is 304 g/mol. The summed E-state index contributed by atoms with van der Waals surface area (Å²) in [5.74, 6) is -1.03. The fraction of sp³-hybridized carbons (Fsp3) is 0.800. The molecule has 1 rings (SSSR count). The van der Waals surface area contributed by atoms with Crippen molar-refractivity contribution in [1.82, 2.24) is 10.2 Å². The first-order valence-electron chi connectivity index (χ1n) is 5.68. The molecule has 0 radical (unpaired) electrons. The van der Waals surface area contributed by atoms with Crippen LogP contribution in [0.5, 0.6) is 0 Å². The maximum atomic E-state index is 12.1. The van der Waals surface area contributed by atoms with Gasteiger partial charge in [-0.05, 0) is 19.4 Å². The molecule has 1 heterocycles. The number of hydrogen-bond donors (Lipinski definition) is 2. The Kier molecular flexibility index (Phi) is 7.14. The van der Waals surface area contributed by atoms with E-state index < -0.39 is 24.7 Å². The first-order chi connectivity index (χ1) is 8.33. The molecule has 1 atom stereocenters. The fourth-order valence-corrected chi connectivity index (χ4v) is 1.78. The first-order valence-corrected chi connectivity index (χ1v) is 5.68. The van der Waals surface area contributed by atoms with Gasteiger partial charge in [0, 0.05) is 13.0 Å². The van der Waals surface area contributed by atoms with Gasteiger partial charge in [-0.1, -0.05) is 0 Å². The Morgan fingerprint density at radius 1 is 1.47 bits per heavy atom. The van der Waals surface area contributed by atoms with Gasteiger partial charge in [0.1, 0.15) is 12.6 Å². The summed E-state index contributed by atoms with van der Waals surface area (Å²) in [6.07, 6.45) is -3.53. The Morgan fingerprint density at radius 3 is 2.63 bits per heavy atom. The second-order valence-electron chi connectivity index (χ2n) is 4.18. The minimum absolute atomic E-state index is 0. The molecule has 0 saturated carbocycles. The van der Waals surface area contributed by atoms with Crippen molar-refractivity contribution in [1.29, 1.82) is 0 Å². The number of nitrogens with one attached hydrogen (secondary N) is 1. The van der Waals surface area contributed by atoms with Crippen molar-refractivity contribution in [2.24, 2.45) is 5.73 Å². The average Bonchev–Trinajstić information content (AvgIpc) is 2.57. The van der Waals surface area contributed by atoms with Crippen LogP contribution in [0.2, 0.25) is 0 Å². The minimum atomic E-state index is -4.41. The van der Waals surface area contributed by atoms with Gasteiger partial charge in [0.05, 0.1) is 0 Å². The van der Waals surface area contributed by atoms with Crippen molar-refractivity contribution in [3.05, 3.63) is 0 Å². The SMILES string of the molecule is Cl.NCCCC(=O)NC1CCN(CC(F)(F)F)C1=O. The Bertz CT molecular complexity index is 326. The van der Waals surface area contributed by atoms with Gasteiger partial charge in [-0.15, -0.1) is 12.4 Å². The monoisotopic (exact) mass is 303 g/mol. The molecule has 1 aliphatic rings. The van der Waals surface area contributed by atoms with E-state index in [1.165, 1.54) is 0 Å². The first kappa shape index (κ1) is 18.0. The Labute approximate surface area is 115 Å². The van der Waals surface area contributed by atoms with E-state index in [4.69, 9.17) is 5.73 Å². The molecular weight excluding hydrogens is 287 g/mol. The Morgan fingerprint density at radius 2 is 2.11 bits per heavy atom. The van der Waals surface area contributed by atoms with Gasteiger partial charge in [-0.2, -0.15) is 13.2 Å². The van der Waals surface area contributed by atoms with E-state index in [0.29, 0.717) is 17.9 Å². The molecule has 112 valence electrons. The van der Waals surface area contributed by atoms with Crippen molar-refractivity contribution in [3.8, 4) is 0 Å². The van der Waals surface area contributed by atoms with Crippen molar-refractivity contribution < 1.29 is 22.8 Å². The molecule has 2 amide bonds. The predicted molar refractivity (Wildman–Crippen MR) is 64.7 cm³/mol. The lowest BCUT2D eigenvalue weighted by molar-refractivity contribution is -0.158. The summed E-state index contributed by atoms with van der Waals surface area (Å²) in [4.78, 5) is 23.6. The molecule has 0 aliphatic carbocycles. The zero-order chi connectivity index (χ0) is 13.8. The third kappa shape index (κ3) is 6.11. The van der Waals surface area contributed by atoms with Gasteiger partial charge in [-0.25, -0.2) is 0 Å².